The Morgan fingerprint density at radius 1 is 0.667 bits per heavy atom. The van der Waals surface area contributed by atoms with Gasteiger partial charge < -0.3 is 23.7 Å². The summed E-state index contributed by atoms with van der Waals surface area (Å²) in [4.78, 5) is 17.8. The zero-order chi connectivity index (χ0) is 24.8. The molecule has 0 aliphatic carbocycles. The number of likely N-dealkylation sites (N-methyl/N-ethyl adjacent to an activating group) is 1. The Hall–Kier alpha value is -0.0100. The van der Waals surface area contributed by atoms with Gasteiger partial charge in [-0.25, -0.2) is 4.57 Å². The van der Waals surface area contributed by atoms with Gasteiger partial charge in [0.1, 0.15) is 12.6 Å². The molecule has 0 aliphatic rings. The van der Waals surface area contributed by atoms with E-state index >= 15 is 0 Å². The molecule has 1 unspecified atom stereocenters. The Labute approximate surface area is 204 Å². The molecular formula is C25H55NO6P+. The van der Waals surface area contributed by atoms with E-state index in [0.29, 0.717) is 24.3 Å². The molecule has 0 aliphatic heterocycles. The number of hydrogen-bond donors (Lipinski definition) is 2. The molecule has 0 fully saturated rings. The molecule has 7 nitrogen and oxygen atoms in total. The third-order valence-corrected chi connectivity index (χ3v) is 6.61. The van der Waals surface area contributed by atoms with Gasteiger partial charge in [0.05, 0.1) is 34.4 Å². The van der Waals surface area contributed by atoms with Crippen LogP contribution in [0.15, 0.2) is 0 Å². The van der Waals surface area contributed by atoms with Gasteiger partial charge >= 0.3 is 7.82 Å². The van der Waals surface area contributed by atoms with Gasteiger partial charge in [-0.1, -0.05) is 84.0 Å². The lowest BCUT2D eigenvalue weighted by Gasteiger charge is -2.34. The van der Waals surface area contributed by atoms with Gasteiger partial charge in [0.2, 0.25) is 0 Å². The molecule has 0 amide bonds. The number of rotatable bonds is 25. The molecule has 33 heavy (non-hydrogen) atoms. The van der Waals surface area contributed by atoms with Gasteiger partial charge in [0.15, 0.2) is 0 Å². The van der Waals surface area contributed by atoms with Crippen molar-refractivity contribution in [3.8, 4) is 0 Å². The quantitative estimate of drug-likeness (QED) is 0.0906. The van der Waals surface area contributed by atoms with Crippen LogP contribution in [0.1, 0.15) is 103 Å². The Bertz CT molecular complexity index is 466. The Kier molecular flexibility index (Phi) is 21.3. The summed E-state index contributed by atoms with van der Waals surface area (Å²) >= 11 is 0. The molecular weight excluding hydrogens is 441 g/mol. The van der Waals surface area contributed by atoms with Crippen molar-refractivity contribution < 1.29 is 32.8 Å². The summed E-state index contributed by atoms with van der Waals surface area (Å²) < 4.78 is 27.5. The number of phosphoric ester groups is 1. The summed E-state index contributed by atoms with van der Waals surface area (Å²) in [6.45, 7) is 4.95. The largest absolute Gasteiger partial charge is 0.469 e. The molecule has 0 saturated heterocycles. The highest BCUT2D eigenvalue weighted by Gasteiger charge is 2.27. The normalized spacial score (nSPS) is 13.5. The van der Waals surface area contributed by atoms with Gasteiger partial charge in [0, 0.05) is 19.6 Å². The van der Waals surface area contributed by atoms with Crippen LogP contribution in [0, 0.1) is 0 Å². The first-order chi connectivity index (χ1) is 15.7. The molecule has 0 spiro atoms. The highest BCUT2D eigenvalue weighted by molar-refractivity contribution is 7.46. The zero-order valence-electron chi connectivity index (χ0n) is 22.1. The minimum atomic E-state index is -4.43. The summed E-state index contributed by atoms with van der Waals surface area (Å²) in [6.07, 6.45) is 19.3. The van der Waals surface area contributed by atoms with E-state index in [1.165, 1.54) is 77.0 Å². The van der Waals surface area contributed by atoms with Crippen LogP contribution < -0.4 is 0 Å². The van der Waals surface area contributed by atoms with E-state index in [4.69, 9.17) is 23.8 Å². The molecule has 200 valence electrons. The fourth-order valence-electron chi connectivity index (χ4n) is 3.84. The number of phosphoric acid groups is 1. The predicted octanol–water partition coefficient (Wildman–Crippen LogP) is 6.08. The first kappa shape index (κ1) is 33.0. The first-order valence-electron chi connectivity index (χ1n) is 13.3. The number of hydrogen-bond acceptors (Lipinski definition) is 4. The van der Waals surface area contributed by atoms with Crippen molar-refractivity contribution in [2.45, 2.75) is 109 Å². The highest BCUT2D eigenvalue weighted by Crippen LogP contribution is 2.36. The van der Waals surface area contributed by atoms with Crippen LogP contribution in [0.2, 0.25) is 0 Å². The second-order valence-electron chi connectivity index (χ2n) is 10.2. The minimum absolute atomic E-state index is 0.00743. The van der Waals surface area contributed by atoms with E-state index in [2.05, 4.69) is 6.92 Å². The van der Waals surface area contributed by atoms with E-state index in [-0.39, 0.29) is 12.6 Å². The number of unbranched alkanes of at least 4 members (excludes halogenated alkanes) is 12. The number of ether oxygens (including phenoxy) is 2. The monoisotopic (exact) mass is 496 g/mol. The van der Waals surface area contributed by atoms with Crippen molar-refractivity contribution in [3.63, 3.8) is 0 Å². The molecule has 1 atom stereocenters. The van der Waals surface area contributed by atoms with Gasteiger partial charge in [-0.3, -0.25) is 4.52 Å². The summed E-state index contributed by atoms with van der Waals surface area (Å²) in [6, 6.07) is 0.00743. The molecule has 2 N–H and O–H groups in total. The van der Waals surface area contributed by atoms with Crippen LogP contribution in [-0.4, -0.2) is 74.5 Å². The lowest BCUT2D eigenvalue weighted by Crippen LogP contribution is -2.47. The average molecular weight is 497 g/mol. The Morgan fingerprint density at radius 3 is 1.52 bits per heavy atom. The standard InChI is InChI=1S/C25H54NO6P/c1-5-6-7-8-9-10-11-12-13-14-15-16-17-20-30-22-23-31-21-18-19-25(26(2,3)4)24-32-33(27,28)29/h25H,5-24H2,1-4H3,(H-,27,28,29)/p+1. The van der Waals surface area contributed by atoms with Crippen molar-refractivity contribution in [3.05, 3.63) is 0 Å². The van der Waals surface area contributed by atoms with E-state index in [1.54, 1.807) is 0 Å². The van der Waals surface area contributed by atoms with E-state index < -0.39 is 7.82 Å². The molecule has 0 saturated carbocycles. The fraction of sp³-hybridized carbons (Fsp3) is 1.00. The molecule has 0 aromatic heterocycles. The summed E-state index contributed by atoms with van der Waals surface area (Å²) in [5, 5.41) is 0. The van der Waals surface area contributed by atoms with Crippen LogP contribution >= 0.6 is 7.82 Å². The van der Waals surface area contributed by atoms with Gasteiger partial charge in [-0.2, -0.15) is 0 Å². The van der Waals surface area contributed by atoms with Crippen LogP contribution in [0.4, 0.5) is 0 Å². The highest BCUT2D eigenvalue weighted by atomic mass is 31.2. The predicted molar refractivity (Wildman–Crippen MR) is 136 cm³/mol. The summed E-state index contributed by atoms with van der Waals surface area (Å²) in [5.41, 5.74) is 0. The Balaban J connectivity index is 3.40. The fourth-order valence-corrected chi connectivity index (χ4v) is 4.21. The first-order valence-corrected chi connectivity index (χ1v) is 14.9. The number of nitrogens with zero attached hydrogens (tertiary/aromatic N) is 1. The zero-order valence-corrected chi connectivity index (χ0v) is 23.0. The van der Waals surface area contributed by atoms with Gasteiger partial charge in [-0.05, 0) is 12.8 Å². The van der Waals surface area contributed by atoms with Crippen molar-refractivity contribution in [1.29, 1.82) is 0 Å². The smallest absolute Gasteiger partial charge is 0.379 e. The second-order valence-corrected chi connectivity index (χ2v) is 11.4. The molecule has 0 aromatic carbocycles. The molecule has 0 radical (unpaired) electrons. The van der Waals surface area contributed by atoms with Crippen LogP contribution in [0.5, 0.6) is 0 Å². The van der Waals surface area contributed by atoms with Crippen molar-refractivity contribution in [2.24, 2.45) is 0 Å². The van der Waals surface area contributed by atoms with Crippen molar-refractivity contribution in [1.82, 2.24) is 0 Å². The second kappa shape index (κ2) is 21.3. The molecule has 8 heteroatoms. The third-order valence-electron chi connectivity index (χ3n) is 6.12. The molecule has 0 bridgehead atoms. The van der Waals surface area contributed by atoms with E-state index in [1.807, 2.05) is 21.1 Å². The third kappa shape index (κ3) is 24.9. The topological polar surface area (TPSA) is 85.2 Å². The summed E-state index contributed by atoms with van der Waals surface area (Å²) in [5.74, 6) is 0. The lowest BCUT2D eigenvalue weighted by atomic mass is 10.0. The van der Waals surface area contributed by atoms with Gasteiger partial charge in [-0.15, -0.1) is 0 Å². The maximum Gasteiger partial charge on any atom is 0.469 e. The van der Waals surface area contributed by atoms with Crippen LogP contribution in [0.3, 0.4) is 0 Å². The minimum Gasteiger partial charge on any atom is -0.379 e. The van der Waals surface area contributed by atoms with Crippen LogP contribution in [-0.2, 0) is 18.6 Å². The molecule has 0 aromatic rings. The maximum absolute atomic E-state index is 10.9. The molecule has 0 rings (SSSR count). The average Bonchev–Trinajstić information content (AvgIpc) is 2.72. The van der Waals surface area contributed by atoms with Crippen molar-refractivity contribution >= 4 is 7.82 Å². The van der Waals surface area contributed by atoms with E-state index in [0.717, 1.165) is 25.9 Å². The summed E-state index contributed by atoms with van der Waals surface area (Å²) in [7, 11) is 1.57. The lowest BCUT2D eigenvalue weighted by molar-refractivity contribution is -0.896. The maximum atomic E-state index is 10.9. The van der Waals surface area contributed by atoms with Gasteiger partial charge in [0.25, 0.3) is 0 Å². The van der Waals surface area contributed by atoms with E-state index in [9.17, 15) is 4.57 Å². The number of quaternary nitrogens is 1. The molecule has 0 heterocycles. The van der Waals surface area contributed by atoms with Crippen molar-refractivity contribution in [2.75, 3.05) is 54.2 Å². The SMILES string of the molecule is CCCCCCCCCCCCCCCOCCOCCCC(COP(=O)(O)O)[N+](C)(C)C. The van der Waals surface area contributed by atoms with Crippen LogP contribution in [0.25, 0.3) is 0 Å². The Morgan fingerprint density at radius 2 is 1.09 bits per heavy atom.